The summed E-state index contributed by atoms with van der Waals surface area (Å²) in [6.07, 6.45) is -4.24. The summed E-state index contributed by atoms with van der Waals surface area (Å²) in [6, 6.07) is -1.42. The lowest BCUT2D eigenvalue weighted by Gasteiger charge is -2.45. The summed E-state index contributed by atoms with van der Waals surface area (Å²) >= 11 is 5.82. The summed E-state index contributed by atoms with van der Waals surface area (Å²) in [6.45, 7) is 2.79. The monoisotopic (exact) mass is 365 g/mol. The molecule has 0 aromatic rings. The number of azide groups is 1. The van der Waals surface area contributed by atoms with Crippen molar-refractivity contribution in [1.29, 1.82) is 0 Å². The molecule has 134 valence electrons. The van der Waals surface area contributed by atoms with Gasteiger partial charge in [0.25, 0.3) is 5.25 Å². The first-order valence-electron chi connectivity index (χ1n) is 6.69. The number of ether oxygens (including phenoxy) is 4. The minimum absolute atomic E-state index is 0.452. The highest BCUT2D eigenvalue weighted by Gasteiger charge is 2.57. The maximum Gasteiger partial charge on any atom is 0.303 e. The van der Waals surface area contributed by atoms with Crippen LogP contribution in [0.5, 0.6) is 0 Å². The van der Waals surface area contributed by atoms with E-state index in [1.165, 1.54) is 0 Å². The van der Waals surface area contributed by atoms with Gasteiger partial charge < -0.3 is 24.1 Å². The Morgan fingerprint density at radius 2 is 1.83 bits per heavy atom. The van der Waals surface area contributed by atoms with Crippen LogP contribution in [0.1, 0.15) is 20.8 Å². The van der Waals surface area contributed by atoms with Gasteiger partial charge in [-0.05, 0) is 5.53 Å². The summed E-state index contributed by atoms with van der Waals surface area (Å²) in [5.74, 6) is -2.28. The number of esters is 3. The van der Waals surface area contributed by atoms with Crippen molar-refractivity contribution >= 4 is 29.5 Å². The predicted octanol–water partition coefficient (Wildman–Crippen LogP) is 0.375. The zero-order valence-electron chi connectivity index (χ0n) is 13.0. The van der Waals surface area contributed by atoms with E-state index in [1.54, 1.807) is 0 Å². The SMILES string of the molecule is CC(=O)OC[C@H]1OC(O)(Cl)[C@H](OC(C)=O)[C@@H](N=[N+]=[N-])[C@H]1OC(C)=O. The van der Waals surface area contributed by atoms with E-state index in [9.17, 15) is 19.5 Å². The van der Waals surface area contributed by atoms with Gasteiger partial charge in [0.2, 0.25) is 0 Å². The number of aliphatic hydroxyl groups is 1. The second-order valence-electron chi connectivity index (χ2n) is 4.87. The molecule has 1 fully saturated rings. The van der Waals surface area contributed by atoms with E-state index >= 15 is 0 Å². The fourth-order valence-electron chi connectivity index (χ4n) is 2.12. The minimum atomic E-state index is -2.59. The summed E-state index contributed by atoms with van der Waals surface area (Å²) in [5, 5.41) is 11.0. The highest BCUT2D eigenvalue weighted by atomic mass is 35.5. The maximum atomic E-state index is 11.3. The summed E-state index contributed by atoms with van der Waals surface area (Å²) in [4.78, 5) is 36.1. The van der Waals surface area contributed by atoms with Crippen molar-refractivity contribution in [2.24, 2.45) is 5.11 Å². The number of hydrogen-bond donors (Lipinski definition) is 1. The van der Waals surface area contributed by atoms with Gasteiger partial charge in [0.05, 0.1) is 0 Å². The molecular weight excluding hydrogens is 350 g/mol. The smallest absolute Gasteiger partial charge is 0.303 e. The Balaban J connectivity index is 3.23. The molecule has 0 aromatic carbocycles. The summed E-state index contributed by atoms with van der Waals surface area (Å²) < 4.78 is 19.8. The molecule has 24 heavy (non-hydrogen) atoms. The molecule has 0 aromatic heterocycles. The van der Waals surface area contributed by atoms with E-state index in [0.29, 0.717) is 0 Å². The third-order valence-electron chi connectivity index (χ3n) is 2.91. The van der Waals surface area contributed by atoms with Crippen LogP contribution in [0, 0.1) is 0 Å². The third kappa shape index (κ3) is 5.24. The van der Waals surface area contributed by atoms with Gasteiger partial charge in [0.1, 0.15) is 24.9 Å². The molecule has 1 unspecified atom stereocenters. The van der Waals surface area contributed by atoms with Crippen LogP contribution in [0.25, 0.3) is 10.4 Å². The highest BCUT2D eigenvalue weighted by molar-refractivity contribution is 6.22. The van der Waals surface area contributed by atoms with Crippen LogP contribution in [0.4, 0.5) is 0 Å². The van der Waals surface area contributed by atoms with Gasteiger partial charge in [-0.1, -0.05) is 16.7 Å². The van der Waals surface area contributed by atoms with E-state index in [4.69, 9.17) is 36.1 Å². The summed E-state index contributed by atoms with van der Waals surface area (Å²) in [5.41, 5.74) is 8.72. The summed E-state index contributed by atoms with van der Waals surface area (Å²) in [7, 11) is 0. The number of alkyl halides is 1. The first-order chi connectivity index (χ1) is 11.1. The standard InChI is InChI=1S/C12H16ClN3O8/c1-5(17)21-4-8-10(22-6(2)18)9(15-16-14)11(23-7(3)19)12(13,20)24-8/h8-11,20H,4H2,1-3H3/t8-,9+,10+,11-,12?/m1/s1. The molecular formula is C12H16ClN3O8. The zero-order chi connectivity index (χ0) is 18.5. The van der Waals surface area contributed by atoms with Gasteiger partial charge in [0.15, 0.2) is 6.10 Å². The van der Waals surface area contributed by atoms with Crippen molar-refractivity contribution in [3.8, 4) is 0 Å². The topological polar surface area (TPSA) is 157 Å². The molecule has 11 nitrogen and oxygen atoms in total. The first-order valence-corrected chi connectivity index (χ1v) is 7.07. The predicted molar refractivity (Wildman–Crippen MR) is 76.4 cm³/mol. The lowest BCUT2D eigenvalue weighted by Crippen LogP contribution is -2.64. The molecule has 1 heterocycles. The van der Waals surface area contributed by atoms with Gasteiger partial charge in [-0.25, -0.2) is 0 Å². The molecule has 1 aliphatic heterocycles. The van der Waals surface area contributed by atoms with E-state index in [1.807, 2.05) is 0 Å². The molecule has 1 rings (SSSR count). The average molecular weight is 366 g/mol. The van der Waals surface area contributed by atoms with Gasteiger partial charge in [-0.2, -0.15) is 0 Å². The van der Waals surface area contributed by atoms with Crippen LogP contribution in [0.15, 0.2) is 5.11 Å². The molecule has 0 bridgehead atoms. The second-order valence-corrected chi connectivity index (χ2v) is 5.41. The molecule has 1 N–H and O–H groups in total. The van der Waals surface area contributed by atoms with Crippen molar-refractivity contribution < 1.29 is 38.4 Å². The van der Waals surface area contributed by atoms with Crippen molar-refractivity contribution in [2.45, 2.75) is 50.4 Å². The van der Waals surface area contributed by atoms with Crippen LogP contribution >= 0.6 is 11.6 Å². The van der Waals surface area contributed by atoms with Gasteiger partial charge in [-0.15, -0.1) is 0 Å². The second kappa shape index (κ2) is 8.15. The zero-order valence-corrected chi connectivity index (χ0v) is 13.8. The van der Waals surface area contributed by atoms with E-state index < -0.39 is 54.1 Å². The van der Waals surface area contributed by atoms with Crippen LogP contribution in [-0.4, -0.2) is 59.2 Å². The molecule has 0 saturated carbocycles. The molecule has 12 heteroatoms. The number of hydrogen-bond acceptors (Lipinski definition) is 9. The van der Waals surface area contributed by atoms with Crippen molar-refractivity contribution in [2.75, 3.05) is 6.61 Å². The number of carbonyl (C=O) groups is 3. The number of nitrogens with zero attached hydrogens (tertiary/aromatic N) is 3. The molecule has 1 aliphatic rings. The van der Waals surface area contributed by atoms with E-state index in [2.05, 4.69) is 10.0 Å². The molecule has 0 spiro atoms. The van der Waals surface area contributed by atoms with Crippen molar-refractivity contribution in [3.63, 3.8) is 0 Å². The van der Waals surface area contributed by atoms with Gasteiger partial charge >= 0.3 is 17.9 Å². The number of halogens is 1. The normalized spacial score (nSPS) is 32.2. The van der Waals surface area contributed by atoms with E-state index in [-0.39, 0.29) is 0 Å². The van der Waals surface area contributed by atoms with Crippen molar-refractivity contribution in [1.82, 2.24) is 0 Å². The van der Waals surface area contributed by atoms with Crippen LogP contribution < -0.4 is 0 Å². The van der Waals surface area contributed by atoms with Gasteiger partial charge in [-0.3, -0.25) is 14.4 Å². The lowest BCUT2D eigenvalue weighted by molar-refractivity contribution is -0.290. The molecule has 0 amide bonds. The average Bonchev–Trinajstić information content (AvgIpc) is 2.43. The molecule has 0 aliphatic carbocycles. The molecule has 1 saturated heterocycles. The Kier molecular flexibility index (Phi) is 6.79. The Bertz CT molecular complexity index is 563. The lowest BCUT2D eigenvalue weighted by atomic mass is 9.96. The highest BCUT2D eigenvalue weighted by Crippen LogP contribution is 2.36. The first kappa shape index (κ1) is 20.0. The van der Waals surface area contributed by atoms with Crippen LogP contribution in [-0.2, 0) is 33.3 Å². The number of rotatable bonds is 5. The van der Waals surface area contributed by atoms with Gasteiger partial charge in [0, 0.05) is 25.7 Å². The Morgan fingerprint density at radius 3 is 2.29 bits per heavy atom. The third-order valence-corrected chi connectivity index (χ3v) is 3.22. The molecule has 0 radical (unpaired) electrons. The van der Waals surface area contributed by atoms with E-state index in [0.717, 1.165) is 20.8 Å². The minimum Gasteiger partial charge on any atom is -0.463 e. The maximum absolute atomic E-state index is 11.3. The fraction of sp³-hybridized carbons (Fsp3) is 0.750. The Hall–Kier alpha value is -2.07. The van der Waals surface area contributed by atoms with Crippen LogP contribution in [0.3, 0.4) is 0 Å². The Morgan fingerprint density at radius 1 is 1.25 bits per heavy atom. The number of carbonyl (C=O) groups excluding carboxylic acids is 3. The quantitative estimate of drug-likeness (QED) is 0.183. The largest absolute Gasteiger partial charge is 0.463 e. The van der Waals surface area contributed by atoms with Crippen LogP contribution in [0.2, 0.25) is 0 Å². The van der Waals surface area contributed by atoms with Crippen molar-refractivity contribution in [3.05, 3.63) is 10.4 Å². The fourth-order valence-corrected chi connectivity index (χ4v) is 2.41. The Labute approximate surface area is 141 Å². The molecule has 5 atom stereocenters.